The van der Waals surface area contributed by atoms with Crippen molar-refractivity contribution >= 4 is 45.1 Å². The van der Waals surface area contributed by atoms with Crippen molar-refractivity contribution in [2.75, 3.05) is 0 Å². The highest BCUT2D eigenvalue weighted by atomic mass is 32.2. The van der Waals surface area contributed by atoms with Crippen molar-refractivity contribution in [2.45, 2.75) is 158 Å². The average Bonchev–Trinajstić information content (AvgIpc) is 3.55. The first-order valence-corrected chi connectivity index (χ1v) is 25.6. The normalized spacial score (nSPS) is 12.4. The average molecular weight is 901 g/mol. The molecule has 0 amide bonds. The number of benzene rings is 8. The number of rotatable bonds is 0. The lowest BCUT2D eigenvalue weighted by Gasteiger charge is -2.24. The fourth-order valence-electron chi connectivity index (χ4n) is 11.8. The zero-order chi connectivity index (χ0) is 47.9. The van der Waals surface area contributed by atoms with Gasteiger partial charge in [0.25, 0.3) is 0 Å². The van der Waals surface area contributed by atoms with E-state index in [4.69, 9.17) is 0 Å². The smallest absolute Gasteiger partial charge is 0.0239 e. The Morgan fingerprint density at radius 1 is 0.258 bits per heavy atom. The first-order valence-electron chi connectivity index (χ1n) is 24.0. The summed E-state index contributed by atoms with van der Waals surface area (Å²) in [5.74, 6) is 0. The van der Waals surface area contributed by atoms with Gasteiger partial charge >= 0.3 is 0 Å². The predicted molar refractivity (Wildman–Crippen MR) is 293 cm³/mol. The maximum absolute atomic E-state index is 2.48. The fourth-order valence-corrected chi connectivity index (χ4v) is 14.7. The summed E-state index contributed by atoms with van der Waals surface area (Å²) in [5, 5.41) is 5.68. The molecule has 2 heteroatoms. The fraction of sp³-hybridized carbons (Fsp3) is 0.312. The van der Waals surface area contributed by atoms with Gasteiger partial charge in [-0.25, -0.2) is 0 Å². The molecule has 2 aliphatic rings. The van der Waals surface area contributed by atoms with Crippen molar-refractivity contribution in [3.63, 3.8) is 0 Å². The minimum atomic E-state index is 1.34. The van der Waals surface area contributed by atoms with Crippen molar-refractivity contribution in [3.05, 3.63) is 160 Å². The molecule has 0 spiro atoms. The van der Waals surface area contributed by atoms with Crippen molar-refractivity contribution in [1.29, 1.82) is 0 Å². The summed E-state index contributed by atoms with van der Waals surface area (Å²) in [4.78, 5) is 5.67. The van der Waals surface area contributed by atoms with Crippen LogP contribution < -0.4 is 0 Å². The number of hydrogen-bond acceptors (Lipinski definition) is 2. The molecule has 0 aliphatic carbocycles. The monoisotopic (exact) mass is 900 g/mol. The first-order chi connectivity index (χ1) is 31.1. The Morgan fingerprint density at radius 3 is 1.30 bits per heavy atom. The van der Waals surface area contributed by atoms with E-state index in [1.165, 1.54) is 197 Å². The van der Waals surface area contributed by atoms with Gasteiger partial charge in [-0.05, 0) is 322 Å². The van der Waals surface area contributed by atoms with Crippen molar-refractivity contribution < 1.29 is 0 Å². The second kappa shape index (κ2) is 16.3. The third-order valence-corrected chi connectivity index (χ3v) is 20.0. The van der Waals surface area contributed by atoms with Gasteiger partial charge < -0.3 is 0 Å². The van der Waals surface area contributed by atoms with Crippen LogP contribution in [0.1, 0.15) is 111 Å². The van der Waals surface area contributed by atoms with Crippen LogP contribution in [-0.4, -0.2) is 0 Å². The molecular formula is C64H68S2. The number of fused-ring (bicyclic) bond motifs is 12. The van der Waals surface area contributed by atoms with Crippen molar-refractivity contribution in [3.8, 4) is 44.5 Å². The van der Waals surface area contributed by atoms with E-state index in [1.54, 1.807) is 0 Å². The Morgan fingerprint density at radius 2 is 0.712 bits per heavy atom. The van der Waals surface area contributed by atoms with E-state index in [-0.39, 0.29) is 0 Å². The molecule has 8 aromatic carbocycles. The van der Waals surface area contributed by atoms with Crippen LogP contribution in [0.4, 0.5) is 0 Å². The quantitative estimate of drug-likeness (QED) is 0.149. The molecule has 2 aliphatic heterocycles. The molecule has 0 atom stereocenters. The lowest BCUT2D eigenvalue weighted by Crippen LogP contribution is -2.03. The summed E-state index contributed by atoms with van der Waals surface area (Å²) in [6.07, 6.45) is 0. The van der Waals surface area contributed by atoms with E-state index in [0.717, 1.165) is 0 Å². The van der Waals surface area contributed by atoms with Crippen LogP contribution in [-0.2, 0) is 0 Å². The van der Waals surface area contributed by atoms with E-state index < -0.39 is 0 Å². The molecule has 0 saturated heterocycles. The lowest BCUT2D eigenvalue weighted by atomic mass is 9.79. The molecule has 0 N–H and O–H groups in total. The molecule has 0 fully saturated rings. The van der Waals surface area contributed by atoms with Gasteiger partial charge in [0.1, 0.15) is 0 Å². The molecule has 0 bridgehead atoms. The highest BCUT2D eigenvalue weighted by Gasteiger charge is 2.32. The maximum atomic E-state index is 2.48. The molecular weight excluding hydrogens is 833 g/mol. The van der Waals surface area contributed by atoms with Gasteiger partial charge in [-0.3, -0.25) is 0 Å². The van der Waals surface area contributed by atoms with Crippen LogP contribution in [0.3, 0.4) is 0 Å². The van der Waals surface area contributed by atoms with Crippen LogP contribution >= 0.6 is 23.5 Å². The summed E-state index contributed by atoms with van der Waals surface area (Å²) in [6.45, 7) is 46.2. The molecule has 0 nitrogen and oxygen atoms in total. The summed E-state index contributed by atoms with van der Waals surface area (Å²) in [7, 11) is 0. The number of hydrogen-bond donors (Lipinski definition) is 0. The summed E-state index contributed by atoms with van der Waals surface area (Å²) >= 11 is 3.97. The summed E-state index contributed by atoms with van der Waals surface area (Å²) < 4.78 is 0. The lowest BCUT2D eigenvalue weighted by molar-refractivity contribution is 1.14. The van der Waals surface area contributed by atoms with Gasteiger partial charge in [0.05, 0.1) is 0 Å². The standard InChI is InChI=1S/C35H40S.C29H28S/c1-15-14-28-31(21(7)16(15)2)33-24(10)19(5)20(6)25(11)34(33)36-35-27(13)30-23(9)18(4)17(3)22(8)29(30)26(12)32(28)35;1-15-12-13-22-14-24-23-10-8-9-11-25(23)30-29-20(6)18(4)17(3)19(5)28(29)27(24)21(7)26(22)16(15)2/h14H,1-13H3;8-14H,1-7H3. The zero-order valence-corrected chi connectivity index (χ0v) is 45.1. The second-order valence-corrected chi connectivity index (χ2v) is 22.3. The van der Waals surface area contributed by atoms with Gasteiger partial charge in [-0.2, -0.15) is 0 Å². The van der Waals surface area contributed by atoms with E-state index in [0.29, 0.717) is 0 Å². The SMILES string of the molecule is Cc1cc2c(c(C)c1C)-c1c(C)c(C)c(C)c(C)c1Sc1c-2c(C)c2c(C)c(C)c(C)c(C)c2c1C.Cc1ccc2cc3c(c(C)c2c1C)-c1c(C)c(C)c(C)c(C)c1Sc1ccccc1-3. The van der Waals surface area contributed by atoms with E-state index in [1.807, 2.05) is 23.5 Å². The van der Waals surface area contributed by atoms with Crippen LogP contribution in [0, 0.1) is 138 Å². The Bertz CT molecular complexity index is 3500. The predicted octanol–water partition coefficient (Wildman–Crippen LogP) is 19.4. The Kier molecular flexibility index (Phi) is 11.4. The molecule has 66 heavy (non-hydrogen) atoms. The van der Waals surface area contributed by atoms with Crippen LogP contribution in [0.25, 0.3) is 66.1 Å². The molecule has 2 heterocycles. The van der Waals surface area contributed by atoms with E-state index >= 15 is 0 Å². The van der Waals surface area contributed by atoms with E-state index in [2.05, 4.69) is 187 Å². The largest absolute Gasteiger partial charge is 0.0885 e. The molecule has 0 radical (unpaired) electrons. The zero-order valence-electron chi connectivity index (χ0n) is 43.4. The van der Waals surface area contributed by atoms with Crippen molar-refractivity contribution in [1.82, 2.24) is 0 Å². The minimum absolute atomic E-state index is 1.34. The van der Waals surface area contributed by atoms with Gasteiger partial charge in [0.15, 0.2) is 0 Å². The minimum Gasteiger partial charge on any atom is -0.0885 e. The van der Waals surface area contributed by atoms with Gasteiger partial charge in [0, 0.05) is 25.1 Å². The molecule has 0 unspecified atom stereocenters. The molecule has 336 valence electrons. The molecule has 10 rings (SSSR count). The van der Waals surface area contributed by atoms with Gasteiger partial charge in [-0.15, -0.1) is 0 Å². The highest BCUT2D eigenvalue weighted by Crippen LogP contribution is 2.58. The second-order valence-electron chi connectivity index (χ2n) is 20.2. The summed E-state index contributed by atoms with van der Waals surface area (Å²) in [6, 6.07) is 18.4. The third-order valence-electron chi connectivity index (χ3n) is 17.2. The first kappa shape index (κ1) is 46.1. The van der Waals surface area contributed by atoms with Crippen molar-refractivity contribution in [2.24, 2.45) is 0 Å². The maximum Gasteiger partial charge on any atom is 0.0239 e. The van der Waals surface area contributed by atoms with E-state index in [9.17, 15) is 0 Å². The van der Waals surface area contributed by atoms with Crippen LogP contribution in [0.5, 0.6) is 0 Å². The van der Waals surface area contributed by atoms with Gasteiger partial charge in [-0.1, -0.05) is 59.9 Å². The topological polar surface area (TPSA) is 0 Å². The Hall–Kier alpha value is -5.02. The third kappa shape index (κ3) is 6.48. The molecule has 0 aromatic heterocycles. The van der Waals surface area contributed by atoms with Crippen LogP contribution in [0.15, 0.2) is 68.1 Å². The van der Waals surface area contributed by atoms with Gasteiger partial charge in [0.2, 0.25) is 0 Å². The number of aryl methyl sites for hydroxylation is 8. The molecule has 8 aromatic rings. The Labute approximate surface area is 405 Å². The summed E-state index contributed by atoms with van der Waals surface area (Å²) in [5.41, 5.74) is 39.7. The van der Waals surface area contributed by atoms with Crippen LogP contribution in [0.2, 0.25) is 0 Å². The molecule has 0 saturated carbocycles. The highest BCUT2D eigenvalue weighted by molar-refractivity contribution is 8.00. The Balaban J connectivity index is 0.000000169.